The third kappa shape index (κ3) is 0.846. The number of hydrogen-bond donors (Lipinski definition) is 1. The molecule has 1 aliphatic rings. The van der Waals surface area contributed by atoms with Crippen molar-refractivity contribution in [1.29, 1.82) is 0 Å². The Morgan fingerprint density at radius 2 is 2.57 bits per heavy atom. The summed E-state index contributed by atoms with van der Waals surface area (Å²) in [6.45, 7) is 0. The maximum absolute atomic E-state index is 10.0. The van der Waals surface area contributed by atoms with Gasteiger partial charge in [-0.3, -0.25) is 0 Å². The molecule has 0 fully saturated rings. The normalized spacial score (nSPS) is 17.4. The molecule has 0 saturated heterocycles. The summed E-state index contributed by atoms with van der Waals surface area (Å²) < 4.78 is 6.48. The summed E-state index contributed by atoms with van der Waals surface area (Å²) in [7, 11) is 0. The van der Waals surface area contributed by atoms with Crippen molar-refractivity contribution in [1.82, 2.24) is 0 Å². The molecule has 1 aliphatic heterocycles. The van der Waals surface area contributed by atoms with Crippen LogP contribution < -0.4 is 5.73 Å². The fourth-order valence-corrected chi connectivity index (χ4v) is 1.31. The second kappa shape index (κ2) is 1.69. The average molecular weight is 213 g/mol. The molecule has 1 amide bonds. The molecule has 0 saturated carbocycles. The van der Waals surface area contributed by atoms with Crippen LogP contribution >= 0.6 is 21.6 Å². The SMILES string of the molecule is NC(=O)C1=C[IH]O1. The van der Waals surface area contributed by atoms with Gasteiger partial charge in [-0.1, -0.05) is 0 Å². The molecule has 0 aliphatic carbocycles. The molecule has 0 aromatic heterocycles. The molecule has 1 heterocycles. The van der Waals surface area contributed by atoms with E-state index in [-0.39, 0.29) is 21.6 Å². The number of amides is 1. The van der Waals surface area contributed by atoms with Crippen molar-refractivity contribution < 1.29 is 7.86 Å². The van der Waals surface area contributed by atoms with Gasteiger partial charge >= 0.3 is 51.0 Å². The molecule has 0 aromatic carbocycles. The number of carbonyl (C=O) groups excluding carboxylic acids is 1. The van der Waals surface area contributed by atoms with E-state index in [1.807, 2.05) is 0 Å². The van der Waals surface area contributed by atoms with E-state index in [4.69, 9.17) is 8.80 Å². The molecule has 0 spiro atoms. The first kappa shape index (κ1) is 4.89. The topological polar surface area (TPSA) is 52.3 Å². The Morgan fingerprint density at radius 3 is 2.57 bits per heavy atom. The molecule has 1 rings (SSSR count). The van der Waals surface area contributed by atoms with Crippen LogP contribution in [-0.2, 0) is 7.86 Å². The first-order valence-electron chi connectivity index (χ1n) is 1.64. The van der Waals surface area contributed by atoms with Crippen molar-refractivity contribution >= 4 is 27.5 Å². The van der Waals surface area contributed by atoms with Crippen molar-refractivity contribution in [2.45, 2.75) is 0 Å². The zero-order chi connectivity index (χ0) is 5.28. The Labute approximate surface area is 51.3 Å². The Kier molecular flexibility index (Phi) is 1.18. The third-order valence-electron chi connectivity index (χ3n) is 0.536. The summed E-state index contributed by atoms with van der Waals surface area (Å²) in [6.07, 6.45) is 0. The summed E-state index contributed by atoms with van der Waals surface area (Å²) >= 11 is -0.386. The van der Waals surface area contributed by atoms with Crippen molar-refractivity contribution in [2.24, 2.45) is 5.73 Å². The maximum atomic E-state index is 10.0. The van der Waals surface area contributed by atoms with Crippen molar-refractivity contribution in [3.8, 4) is 0 Å². The third-order valence-corrected chi connectivity index (χ3v) is 2.21. The molecule has 2 N–H and O–H groups in total. The van der Waals surface area contributed by atoms with Gasteiger partial charge in [0.2, 0.25) is 0 Å². The van der Waals surface area contributed by atoms with Gasteiger partial charge in [-0.15, -0.1) is 0 Å². The Morgan fingerprint density at radius 1 is 2.00 bits per heavy atom. The summed E-state index contributed by atoms with van der Waals surface area (Å²) in [5.74, 6) is -0.0984. The van der Waals surface area contributed by atoms with Gasteiger partial charge in [0.1, 0.15) is 0 Å². The zero-order valence-corrected chi connectivity index (χ0v) is 5.71. The molecule has 0 radical (unpaired) electrons. The quantitative estimate of drug-likeness (QED) is 0.621. The molecule has 0 unspecified atom stereocenters. The molecule has 0 atom stereocenters. The molecule has 3 nitrogen and oxygen atoms in total. The predicted octanol–water partition coefficient (Wildman–Crippen LogP) is -0.0387. The van der Waals surface area contributed by atoms with Gasteiger partial charge in [-0.25, -0.2) is 0 Å². The van der Waals surface area contributed by atoms with Crippen LogP contribution in [0.1, 0.15) is 0 Å². The fraction of sp³-hybridized carbons (Fsp3) is 0. The summed E-state index contributed by atoms with van der Waals surface area (Å²) in [5, 5.41) is 0. The first-order valence-corrected chi connectivity index (χ1v) is 3.93. The Balaban J connectivity index is 2.57. The molecule has 40 valence electrons. The number of primary amides is 1. The van der Waals surface area contributed by atoms with Crippen molar-refractivity contribution in [3.05, 3.63) is 9.84 Å². The van der Waals surface area contributed by atoms with Gasteiger partial charge in [0, 0.05) is 0 Å². The van der Waals surface area contributed by atoms with Crippen LogP contribution in [0.15, 0.2) is 9.84 Å². The molecular formula is C3H4INO2. The van der Waals surface area contributed by atoms with Crippen molar-refractivity contribution in [3.63, 3.8) is 0 Å². The van der Waals surface area contributed by atoms with Crippen LogP contribution in [-0.4, -0.2) is 5.91 Å². The van der Waals surface area contributed by atoms with Crippen LogP contribution in [0.3, 0.4) is 0 Å². The number of rotatable bonds is 1. The Hall–Kier alpha value is -0.260. The summed E-state index contributed by atoms with van der Waals surface area (Å²) in [4.78, 5) is 10.0. The molecule has 0 aromatic rings. The van der Waals surface area contributed by atoms with Crippen LogP contribution in [0.25, 0.3) is 0 Å². The monoisotopic (exact) mass is 213 g/mol. The number of halogens is 1. The van der Waals surface area contributed by atoms with Crippen molar-refractivity contribution in [2.75, 3.05) is 0 Å². The van der Waals surface area contributed by atoms with Gasteiger partial charge in [0.25, 0.3) is 0 Å². The number of nitrogens with two attached hydrogens (primary N) is 1. The standard InChI is InChI=1S/C3H4INO2/c5-3(6)2-1-4-7-2/h1,4H,(H2,5,6). The van der Waals surface area contributed by atoms with E-state index >= 15 is 0 Å². The first-order chi connectivity index (χ1) is 3.30. The summed E-state index contributed by atoms with van der Waals surface area (Å²) in [5.41, 5.74) is 4.79. The van der Waals surface area contributed by atoms with Gasteiger partial charge in [-0.05, 0) is 0 Å². The van der Waals surface area contributed by atoms with Crippen LogP contribution in [0, 0.1) is 0 Å². The van der Waals surface area contributed by atoms with Crippen LogP contribution in [0.5, 0.6) is 0 Å². The van der Waals surface area contributed by atoms with Gasteiger partial charge in [0.15, 0.2) is 0 Å². The van der Waals surface area contributed by atoms with E-state index < -0.39 is 5.91 Å². The molecular weight excluding hydrogens is 209 g/mol. The average Bonchev–Trinajstić information content (AvgIpc) is 1.23. The molecule has 4 heteroatoms. The van der Waals surface area contributed by atoms with Gasteiger partial charge < -0.3 is 0 Å². The van der Waals surface area contributed by atoms with Gasteiger partial charge in [0.05, 0.1) is 0 Å². The predicted molar refractivity (Wildman–Crippen MR) is 33.8 cm³/mol. The van der Waals surface area contributed by atoms with E-state index in [9.17, 15) is 4.79 Å². The fourth-order valence-electron chi connectivity index (χ4n) is 0.195. The van der Waals surface area contributed by atoms with E-state index in [1.165, 1.54) is 0 Å². The number of hydrogen-bond acceptors (Lipinski definition) is 2. The minimum atomic E-state index is -0.448. The second-order valence-electron chi connectivity index (χ2n) is 1.03. The minimum absolute atomic E-state index is 0.349. The van der Waals surface area contributed by atoms with E-state index in [0.29, 0.717) is 5.76 Å². The van der Waals surface area contributed by atoms with E-state index in [1.54, 1.807) is 4.08 Å². The molecule has 0 bridgehead atoms. The zero-order valence-electron chi connectivity index (χ0n) is 3.38. The summed E-state index contributed by atoms with van der Waals surface area (Å²) in [6, 6.07) is 0. The van der Waals surface area contributed by atoms with Crippen LogP contribution in [0.2, 0.25) is 0 Å². The van der Waals surface area contributed by atoms with Crippen LogP contribution in [0.4, 0.5) is 0 Å². The second-order valence-corrected chi connectivity index (χ2v) is 2.72. The van der Waals surface area contributed by atoms with E-state index in [0.717, 1.165) is 0 Å². The number of carbonyl (C=O) groups is 1. The molecule has 7 heavy (non-hydrogen) atoms. The Bertz CT molecular complexity index is 131. The van der Waals surface area contributed by atoms with Gasteiger partial charge in [-0.2, -0.15) is 0 Å². The van der Waals surface area contributed by atoms with E-state index in [2.05, 4.69) is 0 Å².